The lowest BCUT2D eigenvalue weighted by Gasteiger charge is -2.33. The van der Waals surface area contributed by atoms with E-state index in [1.54, 1.807) is 11.0 Å². The molecule has 2 amide bonds. The molecule has 0 unspecified atom stereocenters. The van der Waals surface area contributed by atoms with E-state index < -0.39 is 0 Å². The highest BCUT2D eigenvalue weighted by molar-refractivity contribution is 9.10. The fraction of sp³-hybridized carbons (Fsp3) is 0.263. The van der Waals surface area contributed by atoms with E-state index in [1.807, 2.05) is 30.3 Å². The fourth-order valence-corrected chi connectivity index (χ4v) is 3.71. The Morgan fingerprint density at radius 3 is 2.88 bits per heavy atom. The number of hydrogen-bond donors (Lipinski definition) is 0. The van der Waals surface area contributed by atoms with Gasteiger partial charge in [0.25, 0.3) is 5.91 Å². The van der Waals surface area contributed by atoms with Crippen LogP contribution < -0.4 is 14.5 Å². The minimum Gasteiger partial charge on any atom is -0.482 e. The molecule has 0 bridgehead atoms. The number of ether oxygens (including phenoxy) is 1. The molecule has 0 saturated heterocycles. The normalized spacial score (nSPS) is 16.1. The molecule has 2 aromatic rings. The van der Waals surface area contributed by atoms with Crippen LogP contribution in [0, 0.1) is 0 Å². The van der Waals surface area contributed by atoms with Crippen LogP contribution >= 0.6 is 15.9 Å². The summed E-state index contributed by atoms with van der Waals surface area (Å²) in [6.07, 6.45) is 1.91. The van der Waals surface area contributed by atoms with Crippen molar-refractivity contribution in [3.8, 4) is 5.75 Å². The third-order valence-electron chi connectivity index (χ3n) is 4.57. The minimum atomic E-state index is -0.200. The molecule has 0 atom stereocenters. The minimum absolute atomic E-state index is 0.0190. The number of para-hydroxylation sites is 1. The topological polar surface area (TPSA) is 49.9 Å². The molecule has 5 nitrogen and oxygen atoms in total. The Bertz CT molecular complexity index is 852. The third kappa shape index (κ3) is 3.02. The van der Waals surface area contributed by atoms with E-state index in [9.17, 15) is 9.59 Å². The van der Waals surface area contributed by atoms with Crippen molar-refractivity contribution >= 4 is 39.1 Å². The molecular weight excluding hydrogens is 384 g/mol. The van der Waals surface area contributed by atoms with Crippen molar-refractivity contribution in [2.45, 2.75) is 12.8 Å². The van der Waals surface area contributed by atoms with Gasteiger partial charge in [-0.2, -0.15) is 0 Å². The maximum atomic E-state index is 12.9. The molecule has 2 aliphatic heterocycles. The summed E-state index contributed by atoms with van der Waals surface area (Å²) in [4.78, 5) is 28.6. The molecule has 0 aliphatic carbocycles. The number of fused-ring (bicyclic) bond motifs is 2. The average Bonchev–Trinajstić information content (AvgIpc) is 2.63. The van der Waals surface area contributed by atoms with Crippen LogP contribution in [0.15, 0.2) is 46.9 Å². The third-order valence-corrected chi connectivity index (χ3v) is 5.06. The van der Waals surface area contributed by atoms with Crippen LogP contribution in [-0.2, 0) is 16.0 Å². The number of carbonyl (C=O) groups excluding carboxylic acids is 2. The Morgan fingerprint density at radius 2 is 2.00 bits per heavy atom. The molecular formula is C19H17BrN2O3. The van der Waals surface area contributed by atoms with Gasteiger partial charge in [0, 0.05) is 16.7 Å². The fourth-order valence-electron chi connectivity index (χ4n) is 3.36. The number of nitrogens with zero attached hydrogens (tertiary/aromatic N) is 2. The monoisotopic (exact) mass is 400 g/mol. The van der Waals surface area contributed by atoms with Crippen molar-refractivity contribution in [1.29, 1.82) is 0 Å². The van der Waals surface area contributed by atoms with Gasteiger partial charge in [-0.3, -0.25) is 14.5 Å². The maximum absolute atomic E-state index is 12.9. The summed E-state index contributed by atoms with van der Waals surface area (Å²) in [6, 6.07) is 13.4. The quantitative estimate of drug-likeness (QED) is 0.777. The second kappa shape index (κ2) is 6.52. The van der Waals surface area contributed by atoms with Gasteiger partial charge in [0.2, 0.25) is 5.91 Å². The Hall–Kier alpha value is -2.34. The van der Waals surface area contributed by atoms with Gasteiger partial charge in [-0.05, 0) is 42.7 Å². The number of aryl methyl sites for hydroxylation is 1. The molecule has 0 aromatic heterocycles. The lowest BCUT2D eigenvalue weighted by molar-refractivity contribution is -0.124. The van der Waals surface area contributed by atoms with Crippen LogP contribution in [0.3, 0.4) is 0 Å². The Kier molecular flexibility index (Phi) is 4.21. The van der Waals surface area contributed by atoms with E-state index in [0.717, 1.165) is 23.0 Å². The average molecular weight is 401 g/mol. The van der Waals surface area contributed by atoms with Gasteiger partial charge in [-0.25, -0.2) is 0 Å². The summed E-state index contributed by atoms with van der Waals surface area (Å²) in [7, 11) is 0. The van der Waals surface area contributed by atoms with Gasteiger partial charge in [0.15, 0.2) is 6.61 Å². The van der Waals surface area contributed by atoms with E-state index in [4.69, 9.17) is 4.74 Å². The van der Waals surface area contributed by atoms with Crippen molar-refractivity contribution in [3.05, 3.63) is 52.5 Å². The largest absolute Gasteiger partial charge is 0.482 e. The zero-order chi connectivity index (χ0) is 17.4. The first kappa shape index (κ1) is 16.1. The first-order valence-electron chi connectivity index (χ1n) is 8.24. The zero-order valence-electron chi connectivity index (χ0n) is 13.6. The molecule has 0 fully saturated rings. The molecule has 25 heavy (non-hydrogen) atoms. The summed E-state index contributed by atoms with van der Waals surface area (Å²) in [6.45, 7) is 0.653. The number of rotatable bonds is 2. The number of benzene rings is 2. The first-order valence-corrected chi connectivity index (χ1v) is 9.04. The van der Waals surface area contributed by atoms with E-state index in [0.29, 0.717) is 18.0 Å². The molecule has 2 aromatic carbocycles. The summed E-state index contributed by atoms with van der Waals surface area (Å²) in [5.41, 5.74) is 2.77. The van der Waals surface area contributed by atoms with E-state index in [-0.39, 0.29) is 25.0 Å². The lowest BCUT2D eigenvalue weighted by Crippen LogP contribution is -2.47. The van der Waals surface area contributed by atoms with Crippen molar-refractivity contribution in [2.24, 2.45) is 0 Å². The molecule has 2 heterocycles. The zero-order valence-corrected chi connectivity index (χ0v) is 15.2. The van der Waals surface area contributed by atoms with Crippen LogP contribution in [0.2, 0.25) is 0 Å². The molecule has 128 valence electrons. The molecule has 2 aliphatic rings. The van der Waals surface area contributed by atoms with E-state index in [2.05, 4.69) is 22.0 Å². The molecule has 0 N–H and O–H groups in total. The van der Waals surface area contributed by atoms with Crippen molar-refractivity contribution in [2.75, 3.05) is 29.5 Å². The second-order valence-corrected chi connectivity index (χ2v) is 7.07. The molecule has 6 heteroatoms. The Balaban J connectivity index is 1.61. The summed E-state index contributed by atoms with van der Waals surface area (Å²) < 4.78 is 6.36. The van der Waals surface area contributed by atoms with E-state index >= 15 is 0 Å². The SMILES string of the molecule is O=C(CN1C(=O)COc2cc(Br)ccc21)N1CCCc2ccccc21. The van der Waals surface area contributed by atoms with Crippen LogP contribution in [0.1, 0.15) is 12.0 Å². The van der Waals surface area contributed by atoms with Crippen LogP contribution in [-0.4, -0.2) is 31.5 Å². The summed E-state index contributed by atoms with van der Waals surface area (Å²) in [5.74, 6) is 0.338. The Labute approximate surface area is 154 Å². The molecule has 0 saturated carbocycles. The second-order valence-electron chi connectivity index (χ2n) is 6.16. The predicted molar refractivity (Wildman–Crippen MR) is 99.1 cm³/mol. The predicted octanol–water partition coefficient (Wildman–Crippen LogP) is 3.15. The number of amides is 2. The van der Waals surface area contributed by atoms with Gasteiger partial charge in [-0.1, -0.05) is 34.1 Å². The number of carbonyl (C=O) groups is 2. The smallest absolute Gasteiger partial charge is 0.265 e. The lowest BCUT2D eigenvalue weighted by atomic mass is 10.0. The van der Waals surface area contributed by atoms with Crippen molar-refractivity contribution in [1.82, 2.24) is 0 Å². The standard InChI is InChI=1S/C19H17BrN2O3/c20-14-7-8-16-17(10-14)25-12-19(24)22(16)11-18(23)21-9-3-5-13-4-1-2-6-15(13)21/h1-2,4,6-8,10H,3,5,9,11-12H2. The van der Waals surface area contributed by atoms with Gasteiger partial charge >= 0.3 is 0 Å². The van der Waals surface area contributed by atoms with Gasteiger partial charge in [-0.15, -0.1) is 0 Å². The maximum Gasteiger partial charge on any atom is 0.265 e. The van der Waals surface area contributed by atoms with Crippen LogP contribution in [0.5, 0.6) is 5.75 Å². The van der Waals surface area contributed by atoms with Crippen LogP contribution in [0.4, 0.5) is 11.4 Å². The van der Waals surface area contributed by atoms with Gasteiger partial charge in [0.05, 0.1) is 5.69 Å². The first-order chi connectivity index (χ1) is 12.1. The van der Waals surface area contributed by atoms with Crippen molar-refractivity contribution < 1.29 is 14.3 Å². The molecule has 0 radical (unpaired) electrons. The van der Waals surface area contributed by atoms with Crippen molar-refractivity contribution in [3.63, 3.8) is 0 Å². The summed E-state index contributed by atoms with van der Waals surface area (Å²) in [5, 5.41) is 0. The number of halogens is 1. The molecule has 4 rings (SSSR count). The number of hydrogen-bond acceptors (Lipinski definition) is 3. The highest BCUT2D eigenvalue weighted by atomic mass is 79.9. The van der Waals surface area contributed by atoms with Gasteiger partial charge in [0.1, 0.15) is 12.3 Å². The molecule has 0 spiro atoms. The number of anilines is 2. The Morgan fingerprint density at radius 1 is 1.16 bits per heavy atom. The summed E-state index contributed by atoms with van der Waals surface area (Å²) >= 11 is 3.40. The highest BCUT2D eigenvalue weighted by Gasteiger charge is 2.30. The highest BCUT2D eigenvalue weighted by Crippen LogP contribution is 2.35. The van der Waals surface area contributed by atoms with Gasteiger partial charge < -0.3 is 9.64 Å². The van der Waals surface area contributed by atoms with Crippen LogP contribution in [0.25, 0.3) is 0 Å². The van der Waals surface area contributed by atoms with E-state index in [1.165, 1.54) is 10.5 Å².